The maximum absolute atomic E-state index is 11.4. The summed E-state index contributed by atoms with van der Waals surface area (Å²) in [7, 11) is 1.40. The van der Waals surface area contributed by atoms with Gasteiger partial charge < -0.3 is 9.47 Å². The third-order valence-corrected chi connectivity index (χ3v) is 2.62. The fraction of sp³-hybridized carbons (Fsp3) is 0.533. The highest BCUT2D eigenvalue weighted by molar-refractivity contribution is 5.73. The molecule has 3 heteroatoms. The Morgan fingerprint density at radius 3 is 2.50 bits per heavy atom. The summed E-state index contributed by atoms with van der Waals surface area (Å²) in [4.78, 5) is 11.4. The molecule has 0 radical (unpaired) electrons. The van der Waals surface area contributed by atoms with Crippen molar-refractivity contribution in [2.75, 3.05) is 13.7 Å². The monoisotopic (exact) mass is 250 g/mol. The molecule has 0 saturated heterocycles. The average Bonchev–Trinajstić information content (AvgIpc) is 2.27. The number of methoxy groups -OCH3 is 1. The zero-order chi connectivity index (χ0) is 13.7. The first-order valence-electron chi connectivity index (χ1n) is 6.23. The van der Waals surface area contributed by atoms with Crippen molar-refractivity contribution < 1.29 is 14.3 Å². The number of carbonyl (C=O) groups is 1. The standard InChI is InChI=1S/C15H22O3/c1-10(2)9-18-15-12(4)6-11(3)7-13(15)8-14(16)17-5/h6-7,10H,8-9H2,1-5H3. The number of carbonyl (C=O) groups excluding carboxylic acids is 1. The van der Waals surface area contributed by atoms with Gasteiger partial charge in [-0.15, -0.1) is 0 Å². The Balaban J connectivity index is 3.00. The van der Waals surface area contributed by atoms with Gasteiger partial charge in [-0.25, -0.2) is 0 Å². The van der Waals surface area contributed by atoms with Crippen LogP contribution in [0.5, 0.6) is 5.75 Å². The third-order valence-electron chi connectivity index (χ3n) is 2.62. The Morgan fingerprint density at radius 2 is 1.94 bits per heavy atom. The maximum Gasteiger partial charge on any atom is 0.310 e. The Morgan fingerprint density at radius 1 is 1.28 bits per heavy atom. The SMILES string of the molecule is COC(=O)Cc1cc(C)cc(C)c1OCC(C)C. The molecule has 0 N–H and O–H groups in total. The molecule has 0 atom stereocenters. The second-order valence-corrected chi connectivity index (χ2v) is 5.03. The van der Waals surface area contributed by atoms with Crippen molar-refractivity contribution in [3.05, 3.63) is 28.8 Å². The van der Waals surface area contributed by atoms with Crippen LogP contribution in [0.15, 0.2) is 12.1 Å². The van der Waals surface area contributed by atoms with Crippen molar-refractivity contribution >= 4 is 5.97 Å². The van der Waals surface area contributed by atoms with E-state index in [1.54, 1.807) is 0 Å². The van der Waals surface area contributed by atoms with Crippen LogP contribution in [0.4, 0.5) is 0 Å². The molecule has 0 heterocycles. The molecule has 0 aliphatic carbocycles. The third kappa shape index (κ3) is 4.06. The van der Waals surface area contributed by atoms with Gasteiger partial charge in [-0.3, -0.25) is 4.79 Å². The summed E-state index contributed by atoms with van der Waals surface area (Å²) in [6.07, 6.45) is 0.256. The number of benzene rings is 1. The molecule has 18 heavy (non-hydrogen) atoms. The van der Waals surface area contributed by atoms with E-state index in [1.165, 1.54) is 7.11 Å². The Labute approximate surface area is 109 Å². The zero-order valence-electron chi connectivity index (χ0n) is 11.9. The minimum absolute atomic E-state index is 0.241. The smallest absolute Gasteiger partial charge is 0.310 e. The molecule has 1 aromatic rings. The van der Waals surface area contributed by atoms with Crippen LogP contribution in [0.1, 0.15) is 30.5 Å². The van der Waals surface area contributed by atoms with Crippen LogP contribution >= 0.6 is 0 Å². The fourth-order valence-electron chi connectivity index (χ4n) is 1.86. The second-order valence-electron chi connectivity index (χ2n) is 5.03. The lowest BCUT2D eigenvalue weighted by atomic mass is 10.0. The van der Waals surface area contributed by atoms with Crippen molar-refractivity contribution in [2.45, 2.75) is 34.1 Å². The number of rotatable bonds is 5. The van der Waals surface area contributed by atoms with Crippen molar-refractivity contribution in [3.8, 4) is 5.75 Å². The lowest BCUT2D eigenvalue weighted by Gasteiger charge is -2.16. The lowest BCUT2D eigenvalue weighted by Crippen LogP contribution is -2.11. The van der Waals surface area contributed by atoms with Gasteiger partial charge >= 0.3 is 5.97 Å². The van der Waals surface area contributed by atoms with Gasteiger partial charge in [0.2, 0.25) is 0 Å². The van der Waals surface area contributed by atoms with Crippen LogP contribution in [0.2, 0.25) is 0 Å². The van der Waals surface area contributed by atoms with Gasteiger partial charge in [-0.1, -0.05) is 31.5 Å². The fourth-order valence-corrected chi connectivity index (χ4v) is 1.86. The molecule has 100 valence electrons. The topological polar surface area (TPSA) is 35.5 Å². The molecule has 0 bridgehead atoms. The molecule has 1 rings (SSSR count). The van der Waals surface area contributed by atoms with Gasteiger partial charge in [0.1, 0.15) is 5.75 Å². The predicted octanol–water partition coefficient (Wildman–Crippen LogP) is 3.05. The van der Waals surface area contributed by atoms with Crippen molar-refractivity contribution in [2.24, 2.45) is 5.92 Å². The van der Waals surface area contributed by atoms with E-state index in [1.807, 2.05) is 19.9 Å². The summed E-state index contributed by atoms with van der Waals surface area (Å²) in [5, 5.41) is 0. The Kier molecular flexibility index (Phi) is 5.20. The first kappa shape index (κ1) is 14.6. The van der Waals surface area contributed by atoms with E-state index in [4.69, 9.17) is 9.47 Å². The van der Waals surface area contributed by atoms with Crippen LogP contribution < -0.4 is 4.74 Å². The highest BCUT2D eigenvalue weighted by Crippen LogP contribution is 2.26. The van der Waals surface area contributed by atoms with E-state index in [-0.39, 0.29) is 12.4 Å². The number of hydrogen-bond acceptors (Lipinski definition) is 3. The van der Waals surface area contributed by atoms with Gasteiger partial charge in [0.05, 0.1) is 20.1 Å². The van der Waals surface area contributed by atoms with Gasteiger partial charge in [-0.05, 0) is 25.3 Å². The molecule has 0 fully saturated rings. The summed E-state index contributed by atoms with van der Waals surface area (Å²) >= 11 is 0. The molecular formula is C15H22O3. The predicted molar refractivity (Wildman–Crippen MR) is 72.0 cm³/mol. The van der Waals surface area contributed by atoms with Crippen molar-refractivity contribution in [1.29, 1.82) is 0 Å². The molecule has 0 aliphatic rings. The van der Waals surface area contributed by atoms with Gasteiger partial charge in [0, 0.05) is 5.56 Å². The summed E-state index contributed by atoms with van der Waals surface area (Å²) in [6.45, 7) is 8.87. The van der Waals surface area contributed by atoms with Gasteiger partial charge in [0.15, 0.2) is 0 Å². The Hall–Kier alpha value is -1.51. The van der Waals surface area contributed by atoms with E-state index in [9.17, 15) is 4.79 Å². The summed E-state index contributed by atoms with van der Waals surface area (Å²) < 4.78 is 10.5. The van der Waals surface area contributed by atoms with Crippen LogP contribution in [-0.4, -0.2) is 19.7 Å². The summed E-state index contributed by atoms with van der Waals surface area (Å²) in [5.41, 5.74) is 3.10. The highest BCUT2D eigenvalue weighted by atomic mass is 16.5. The molecule has 0 amide bonds. The largest absolute Gasteiger partial charge is 0.493 e. The van der Waals surface area contributed by atoms with Crippen molar-refractivity contribution in [3.63, 3.8) is 0 Å². The van der Waals surface area contributed by atoms with Crippen LogP contribution in [0.3, 0.4) is 0 Å². The zero-order valence-corrected chi connectivity index (χ0v) is 11.9. The van der Waals surface area contributed by atoms with Crippen LogP contribution in [0, 0.1) is 19.8 Å². The number of esters is 1. The summed E-state index contributed by atoms with van der Waals surface area (Å²) in [6, 6.07) is 4.05. The van der Waals surface area contributed by atoms with E-state index in [0.29, 0.717) is 12.5 Å². The molecule has 3 nitrogen and oxygen atoms in total. The second kappa shape index (κ2) is 6.43. The van der Waals surface area contributed by atoms with E-state index >= 15 is 0 Å². The normalized spacial score (nSPS) is 10.6. The molecular weight excluding hydrogens is 228 g/mol. The number of aryl methyl sites for hydroxylation is 2. The molecule has 0 aliphatic heterocycles. The van der Waals surface area contributed by atoms with Crippen molar-refractivity contribution in [1.82, 2.24) is 0 Å². The molecule has 0 spiro atoms. The number of hydrogen-bond donors (Lipinski definition) is 0. The van der Waals surface area contributed by atoms with E-state index < -0.39 is 0 Å². The quantitative estimate of drug-likeness (QED) is 0.753. The highest BCUT2D eigenvalue weighted by Gasteiger charge is 2.13. The summed E-state index contributed by atoms with van der Waals surface area (Å²) in [5.74, 6) is 1.03. The van der Waals surface area contributed by atoms with Gasteiger partial charge in [-0.2, -0.15) is 0 Å². The van der Waals surface area contributed by atoms with Crippen LogP contribution in [-0.2, 0) is 16.0 Å². The maximum atomic E-state index is 11.4. The molecule has 0 unspecified atom stereocenters. The van der Waals surface area contributed by atoms with Crippen LogP contribution in [0.25, 0.3) is 0 Å². The van der Waals surface area contributed by atoms with Gasteiger partial charge in [0.25, 0.3) is 0 Å². The lowest BCUT2D eigenvalue weighted by molar-refractivity contribution is -0.139. The minimum Gasteiger partial charge on any atom is -0.493 e. The molecule has 0 saturated carbocycles. The van der Waals surface area contributed by atoms with E-state index in [0.717, 1.165) is 22.4 Å². The first-order chi connectivity index (χ1) is 8.43. The molecule has 0 aromatic heterocycles. The first-order valence-corrected chi connectivity index (χ1v) is 6.23. The van der Waals surface area contributed by atoms with E-state index in [2.05, 4.69) is 19.9 Å². The average molecular weight is 250 g/mol. The Bertz CT molecular complexity index is 422. The number of ether oxygens (including phenoxy) is 2. The molecule has 1 aromatic carbocycles. The minimum atomic E-state index is -0.241.